The summed E-state index contributed by atoms with van der Waals surface area (Å²) >= 11 is 0. The molecule has 4 heteroatoms. The van der Waals surface area contributed by atoms with Gasteiger partial charge >= 0.3 is 0 Å². The molecule has 0 saturated carbocycles. The van der Waals surface area contributed by atoms with Crippen molar-refractivity contribution in [3.63, 3.8) is 0 Å². The van der Waals surface area contributed by atoms with Crippen LogP contribution >= 0.6 is 0 Å². The van der Waals surface area contributed by atoms with Crippen molar-refractivity contribution in [1.82, 2.24) is 0 Å². The van der Waals surface area contributed by atoms with E-state index in [-0.39, 0.29) is 11.9 Å². The molecular formula is C12H18N2O2. The molecular weight excluding hydrogens is 204 g/mol. The monoisotopic (exact) mass is 222 g/mol. The van der Waals surface area contributed by atoms with Crippen LogP contribution in [0.2, 0.25) is 0 Å². The molecule has 0 aliphatic rings. The van der Waals surface area contributed by atoms with Crippen molar-refractivity contribution in [3.8, 4) is 0 Å². The van der Waals surface area contributed by atoms with Crippen LogP contribution in [-0.2, 0) is 16.1 Å². The first kappa shape index (κ1) is 12.7. The minimum atomic E-state index is -0.321. The average molecular weight is 222 g/mol. The SMILES string of the molecule is NC(=O)CCC(N)COCc1ccccc1. The van der Waals surface area contributed by atoms with Crippen LogP contribution < -0.4 is 11.5 Å². The van der Waals surface area contributed by atoms with Crippen LogP contribution in [0.15, 0.2) is 30.3 Å². The van der Waals surface area contributed by atoms with E-state index in [1.165, 1.54) is 0 Å². The molecule has 0 radical (unpaired) electrons. The minimum absolute atomic E-state index is 0.129. The topological polar surface area (TPSA) is 78.3 Å². The molecule has 0 aromatic heterocycles. The number of hydrogen-bond acceptors (Lipinski definition) is 3. The van der Waals surface area contributed by atoms with Crippen molar-refractivity contribution in [2.45, 2.75) is 25.5 Å². The highest BCUT2D eigenvalue weighted by Crippen LogP contribution is 2.02. The fourth-order valence-electron chi connectivity index (χ4n) is 1.31. The number of carbonyl (C=O) groups excluding carboxylic acids is 1. The molecule has 0 fully saturated rings. The third-order valence-electron chi connectivity index (χ3n) is 2.21. The van der Waals surface area contributed by atoms with Crippen molar-refractivity contribution in [1.29, 1.82) is 0 Å². The fourth-order valence-corrected chi connectivity index (χ4v) is 1.31. The molecule has 4 nitrogen and oxygen atoms in total. The van der Waals surface area contributed by atoms with Crippen LogP contribution in [0.4, 0.5) is 0 Å². The van der Waals surface area contributed by atoms with Gasteiger partial charge in [0.05, 0.1) is 13.2 Å². The highest BCUT2D eigenvalue weighted by Gasteiger charge is 2.04. The number of rotatable bonds is 7. The van der Waals surface area contributed by atoms with Crippen molar-refractivity contribution in [2.75, 3.05) is 6.61 Å². The van der Waals surface area contributed by atoms with Crippen LogP contribution in [0.3, 0.4) is 0 Å². The first-order chi connectivity index (χ1) is 7.68. The van der Waals surface area contributed by atoms with Crippen molar-refractivity contribution >= 4 is 5.91 Å². The lowest BCUT2D eigenvalue weighted by atomic mass is 10.2. The summed E-state index contributed by atoms with van der Waals surface area (Å²) in [5.74, 6) is -0.321. The van der Waals surface area contributed by atoms with Crippen LogP contribution in [-0.4, -0.2) is 18.6 Å². The summed E-state index contributed by atoms with van der Waals surface area (Å²) in [7, 11) is 0. The van der Waals surface area contributed by atoms with E-state index >= 15 is 0 Å². The summed E-state index contributed by atoms with van der Waals surface area (Å²) in [6.07, 6.45) is 0.889. The molecule has 4 N–H and O–H groups in total. The molecule has 0 saturated heterocycles. The van der Waals surface area contributed by atoms with Crippen molar-refractivity contribution in [2.24, 2.45) is 11.5 Å². The minimum Gasteiger partial charge on any atom is -0.375 e. The van der Waals surface area contributed by atoms with E-state index in [1.54, 1.807) is 0 Å². The van der Waals surface area contributed by atoms with Gasteiger partial charge in [0.2, 0.25) is 5.91 Å². The second kappa shape index (κ2) is 6.98. The summed E-state index contributed by atoms with van der Waals surface area (Å²) in [5.41, 5.74) is 11.9. The van der Waals surface area contributed by atoms with Crippen LogP contribution in [0.25, 0.3) is 0 Å². The van der Waals surface area contributed by atoms with E-state index in [0.717, 1.165) is 5.56 Å². The third-order valence-corrected chi connectivity index (χ3v) is 2.21. The number of hydrogen-bond donors (Lipinski definition) is 2. The second-order valence-electron chi connectivity index (χ2n) is 3.77. The molecule has 0 aliphatic heterocycles. The van der Waals surface area contributed by atoms with Crippen LogP contribution in [0, 0.1) is 0 Å². The van der Waals surface area contributed by atoms with Crippen molar-refractivity contribution < 1.29 is 9.53 Å². The molecule has 1 aromatic rings. The molecule has 1 atom stereocenters. The maximum atomic E-state index is 10.5. The molecule has 0 heterocycles. The number of amides is 1. The lowest BCUT2D eigenvalue weighted by Gasteiger charge is -2.11. The second-order valence-corrected chi connectivity index (χ2v) is 3.77. The predicted molar refractivity (Wildman–Crippen MR) is 62.5 cm³/mol. The normalized spacial score (nSPS) is 12.3. The molecule has 1 unspecified atom stereocenters. The van der Waals surface area contributed by atoms with Gasteiger partial charge in [-0.1, -0.05) is 30.3 Å². The Labute approximate surface area is 95.6 Å². The summed E-state index contributed by atoms with van der Waals surface area (Å²) in [6.45, 7) is 0.993. The number of nitrogens with two attached hydrogens (primary N) is 2. The van der Waals surface area contributed by atoms with Gasteiger partial charge in [0.1, 0.15) is 0 Å². The Bertz CT molecular complexity index is 314. The van der Waals surface area contributed by atoms with Gasteiger partial charge in [0.15, 0.2) is 0 Å². The van der Waals surface area contributed by atoms with Gasteiger partial charge < -0.3 is 16.2 Å². The van der Waals surface area contributed by atoms with Gasteiger partial charge in [0.25, 0.3) is 0 Å². The summed E-state index contributed by atoms with van der Waals surface area (Å²) in [5, 5.41) is 0. The molecule has 1 amide bonds. The molecule has 0 spiro atoms. The zero-order valence-electron chi connectivity index (χ0n) is 9.26. The summed E-state index contributed by atoms with van der Waals surface area (Å²) < 4.78 is 5.44. The Hall–Kier alpha value is -1.39. The standard InChI is InChI=1S/C12H18N2O2/c13-11(6-7-12(14)15)9-16-8-10-4-2-1-3-5-10/h1-5,11H,6-9,13H2,(H2,14,15). The lowest BCUT2D eigenvalue weighted by Crippen LogP contribution is -2.28. The Kier molecular flexibility index (Phi) is 5.53. The first-order valence-corrected chi connectivity index (χ1v) is 5.34. The zero-order chi connectivity index (χ0) is 11.8. The molecule has 0 bridgehead atoms. The van der Waals surface area contributed by atoms with E-state index in [0.29, 0.717) is 26.1 Å². The maximum Gasteiger partial charge on any atom is 0.217 e. The summed E-state index contributed by atoms with van der Waals surface area (Å²) in [4.78, 5) is 10.5. The van der Waals surface area contributed by atoms with Crippen LogP contribution in [0.5, 0.6) is 0 Å². The van der Waals surface area contributed by atoms with E-state index in [9.17, 15) is 4.79 Å². The molecule has 1 rings (SSSR count). The largest absolute Gasteiger partial charge is 0.375 e. The summed E-state index contributed by atoms with van der Waals surface area (Å²) in [6, 6.07) is 9.75. The van der Waals surface area contributed by atoms with Gasteiger partial charge in [0, 0.05) is 12.5 Å². The van der Waals surface area contributed by atoms with E-state index in [1.807, 2.05) is 30.3 Å². The predicted octanol–water partition coefficient (Wildman–Crippen LogP) is 0.796. The first-order valence-electron chi connectivity index (χ1n) is 5.34. The van der Waals surface area contributed by atoms with E-state index in [2.05, 4.69) is 0 Å². The number of benzene rings is 1. The number of ether oxygens (including phenoxy) is 1. The highest BCUT2D eigenvalue weighted by molar-refractivity contribution is 5.73. The Morgan fingerprint density at radius 3 is 2.62 bits per heavy atom. The Balaban J connectivity index is 2.13. The molecule has 1 aromatic carbocycles. The highest BCUT2D eigenvalue weighted by atomic mass is 16.5. The van der Waals surface area contributed by atoms with Gasteiger partial charge in [-0.3, -0.25) is 4.79 Å². The van der Waals surface area contributed by atoms with E-state index < -0.39 is 0 Å². The Morgan fingerprint density at radius 2 is 2.00 bits per heavy atom. The average Bonchev–Trinajstić information content (AvgIpc) is 2.28. The van der Waals surface area contributed by atoms with E-state index in [4.69, 9.17) is 16.2 Å². The van der Waals surface area contributed by atoms with Gasteiger partial charge in [-0.2, -0.15) is 0 Å². The number of carbonyl (C=O) groups is 1. The third kappa shape index (κ3) is 5.48. The lowest BCUT2D eigenvalue weighted by molar-refractivity contribution is -0.118. The van der Waals surface area contributed by atoms with Gasteiger partial charge in [-0.15, -0.1) is 0 Å². The van der Waals surface area contributed by atoms with Gasteiger partial charge in [-0.05, 0) is 12.0 Å². The van der Waals surface area contributed by atoms with Crippen molar-refractivity contribution in [3.05, 3.63) is 35.9 Å². The quantitative estimate of drug-likeness (QED) is 0.716. The molecule has 88 valence electrons. The van der Waals surface area contributed by atoms with Gasteiger partial charge in [-0.25, -0.2) is 0 Å². The fraction of sp³-hybridized carbons (Fsp3) is 0.417. The molecule has 0 aliphatic carbocycles. The van der Waals surface area contributed by atoms with Crippen LogP contribution in [0.1, 0.15) is 18.4 Å². The smallest absolute Gasteiger partial charge is 0.217 e. The number of primary amides is 1. The Morgan fingerprint density at radius 1 is 1.31 bits per heavy atom. The zero-order valence-corrected chi connectivity index (χ0v) is 9.26. The maximum absolute atomic E-state index is 10.5. The molecule has 16 heavy (non-hydrogen) atoms.